The normalized spacial score (nSPS) is 22.1. The summed E-state index contributed by atoms with van der Waals surface area (Å²) in [6.07, 6.45) is 5.35. The summed E-state index contributed by atoms with van der Waals surface area (Å²) in [5.41, 5.74) is -0.144. The van der Waals surface area contributed by atoms with E-state index in [9.17, 15) is 23.2 Å². The molecular weight excluding hydrogens is 458 g/mol. The number of ether oxygens (including phenoxy) is 1. The third-order valence-corrected chi connectivity index (χ3v) is 6.54. The average Bonchev–Trinajstić information content (AvgIpc) is 3.20. The highest BCUT2D eigenvalue weighted by Crippen LogP contribution is 2.24. The van der Waals surface area contributed by atoms with Gasteiger partial charge in [0.15, 0.2) is 11.6 Å². The molecule has 10 heteroatoms. The molecular formula is C25H30F2N4O4. The molecule has 1 aromatic carbocycles. The molecule has 0 radical (unpaired) electrons. The molecule has 35 heavy (non-hydrogen) atoms. The van der Waals surface area contributed by atoms with E-state index in [4.69, 9.17) is 4.74 Å². The van der Waals surface area contributed by atoms with E-state index in [1.165, 1.54) is 22.9 Å². The van der Waals surface area contributed by atoms with E-state index in [0.29, 0.717) is 25.0 Å². The number of fused-ring (bicyclic) bond motifs is 1. The second-order valence-electron chi connectivity index (χ2n) is 9.16. The smallest absolute Gasteiger partial charge is 0.315 e. The highest BCUT2D eigenvalue weighted by atomic mass is 19.2. The summed E-state index contributed by atoms with van der Waals surface area (Å²) in [5, 5.41) is 8.72. The van der Waals surface area contributed by atoms with E-state index in [1.807, 2.05) is 6.92 Å². The molecule has 2 heterocycles. The standard InChI is InChI=1S/C25H30F2N4O4/c1-2-4-16(14-35-17-7-9-21-22(12-17)30-25(34)29-21)28-23(32)18-5-3-10-31(24(18)33)13-15-6-8-19(26)20(27)11-15/h3,5-6,8,10-11,16-17,21-22H,2,4,7,9,12-14H2,1H3,(H,28,32)(H2,29,30,34)/t16-,17?,21?,22?/m1/s1. The molecule has 188 valence electrons. The molecule has 1 aromatic heterocycles. The largest absolute Gasteiger partial charge is 0.376 e. The Morgan fingerprint density at radius 1 is 1.17 bits per heavy atom. The van der Waals surface area contributed by atoms with Crippen LogP contribution in [0, 0.1) is 11.6 Å². The van der Waals surface area contributed by atoms with Crippen molar-refractivity contribution in [2.75, 3.05) is 6.61 Å². The molecule has 2 aromatic rings. The van der Waals surface area contributed by atoms with Gasteiger partial charge in [0.2, 0.25) is 0 Å². The second-order valence-corrected chi connectivity index (χ2v) is 9.16. The van der Waals surface area contributed by atoms with Crippen LogP contribution in [0.15, 0.2) is 41.3 Å². The van der Waals surface area contributed by atoms with Gasteiger partial charge in [-0.05, 0) is 55.5 Å². The first kappa shape index (κ1) is 24.8. The predicted molar refractivity (Wildman–Crippen MR) is 125 cm³/mol. The number of nitrogens with one attached hydrogen (secondary N) is 3. The Labute approximate surface area is 202 Å². The van der Waals surface area contributed by atoms with Gasteiger partial charge in [-0.1, -0.05) is 19.4 Å². The quantitative estimate of drug-likeness (QED) is 0.505. The van der Waals surface area contributed by atoms with Crippen LogP contribution in [-0.4, -0.2) is 47.3 Å². The van der Waals surface area contributed by atoms with Gasteiger partial charge in [-0.25, -0.2) is 13.6 Å². The molecule has 1 saturated carbocycles. The number of urea groups is 1. The molecule has 1 aliphatic carbocycles. The zero-order chi connectivity index (χ0) is 24.9. The number of halogens is 2. The van der Waals surface area contributed by atoms with Crippen molar-refractivity contribution < 1.29 is 23.1 Å². The zero-order valence-corrected chi connectivity index (χ0v) is 19.6. The fourth-order valence-corrected chi connectivity index (χ4v) is 4.72. The van der Waals surface area contributed by atoms with Gasteiger partial charge in [0.25, 0.3) is 11.5 Å². The van der Waals surface area contributed by atoms with Crippen LogP contribution in [0.25, 0.3) is 0 Å². The van der Waals surface area contributed by atoms with Gasteiger partial charge >= 0.3 is 6.03 Å². The van der Waals surface area contributed by atoms with Crippen LogP contribution in [0.4, 0.5) is 13.6 Å². The third-order valence-electron chi connectivity index (χ3n) is 6.54. The van der Waals surface area contributed by atoms with E-state index >= 15 is 0 Å². The lowest BCUT2D eigenvalue weighted by Gasteiger charge is -2.31. The van der Waals surface area contributed by atoms with Crippen LogP contribution in [0.2, 0.25) is 0 Å². The number of carbonyl (C=O) groups excluding carboxylic acids is 2. The number of aromatic nitrogens is 1. The molecule has 2 fully saturated rings. The Morgan fingerprint density at radius 3 is 2.74 bits per heavy atom. The van der Waals surface area contributed by atoms with E-state index < -0.39 is 23.1 Å². The second kappa shape index (κ2) is 11.0. The first-order valence-corrected chi connectivity index (χ1v) is 12.0. The fraction of sp³-hybridized carbons (Fsp3) is 0.480. The maximum atomic E-state index is 13.5. The molecule has 2 aliphatic rings. The Morgan fingerprint density at radius 2 is 1.97 bits per heavy atom. The zero-order valence-electron chi connectivity index (χ0n) is 19.6. The SMILES string of the molecule is CCC[C@H](COC1CCC2NC(=O)NC2C1)NC(=O)c1cccn(Cc2ccc(F)c(F)c2)c1=O. The van der Waals surface area contributed by atoms with Crippen LogP contribution in [0.1, 0.15) is 54.9 Å². The summed E-state index contributed by atoms with van der Waals surface area (Å²) >= 11 is 0. The minimum atomic E-state index is -0.994. The number of rotatable bonds is 9. The first-order chi connectivity index (χ1) is 16.8. The highest BCUT2D eigenvalue weighted by molar-refractivity contribution is 5.94. The molecule has 3 amide bonds. The van der Waals surface area contributed by atoms with Gasteiger partial charge in [0, 0.05) is 6.20 Å². The molecule has 4 rings (SSSR count). The molecule has 3 unspecified atom stereocenters. The van der Waals surface area contributed by atoms with Gasteiger partial charge in [-0.2, -0.15) is 0 Å². The molecule has 4 atom stereocenters. The van der Waals surface area contributed by atoms with E-state index in [1.54, 1.807) is 6.07 Å². The molecule has 1 saturated heterocycles. The lowest BCUT2D eigenvalue weighted by molar-refractivity contribution is 0.00625. The molecule has 0 bridgehead atoms. The van der Waals surface area contributed by atoms with Crippen molar-refractivity contribution in [3.05, 3.63) is 69.6 Å². The van der Waals surface area contributed by atoms with E-state index in [-0.39, 0.29) is 42.4 Å². The van der Waals surface area contributed by atoms with Gasteiger partial charge in [-0.3, -0.25) is 9.59 Å². The van der Waals surface area contributed by atoms with Crippen molar-refractivity contribution >= 4 is 11.9 Å². The Bertz CT molecular complexity index is 1140. The van der Waals surface area contributed by atoms with Crippen molar-refractivity contribution in [1.82, 2.24) is 20.5 Å². The third kappa shape index (κ3) is 6.05. The maximum absolute atomic E-state index is 13.5. The van der Waals surface area contributed by atoms with Gasteiger partial charge in [0.05, 0.1) is 37.4 Å². The predicted octanol–water partition coefficient (Wildman–Crippen LogP) is 2.69. The Kier molecular flexibility index (Phi) is 7.80. The minimum absolute atomic E-state index is 0.00783. The minimum Gasteiger partial charge on any atom is -0.376 e. The number of benzene rings is 1. The number of hydrogen-bond acceptors (Lipinski definition) is 4. The number of amides is 3. The van der Waals surface area contributed by atoms with E-state index in [2.05, 4.69) is 16.0 Å². The van der Waals surface area contributed by atoms with Crippen LogP contribution >= 0.6 is 0 Å². The number of carbonyl (C=O) groups is 2. The fourth-order valence-electron chi connectivity index (χ4n) is 4.72. The Hall–Kier alpha value is -3.27. The molecule has 8 nitrogen and oxygen atoms in total. The summed E-state index contributed by atoms with van der Waals surface area (Å²) in [6.45, 7) is 2.31. The molecule has 1 aliphatic heterocycles. The number of pyridine rings is 1. The van der Waals surface area contributed by atoms with Crippen molar-refractivity contribution in [2.45, 2.75) is 69.8 Å². The summed E-state index contributed by atoms with van der Waals surface area (Å²) < 4.78 is 34.1. The van der Waals surface area contributed by atoms with Crippen molar-refractivity contribution in [2.24, 2.45) is 0 Å². The lowest BCUT2D eigenvalue weighted by atomic mass is 9.89. The lowest BCUT2D eigenvalue weighted by Crippen LogP contribution is -2.45. The van der Waals surface area contributed by atoms with Crippen LogP contribution < -0.4 is 21.5 Å². The first-order valence-electron chi connectivity index (χ1n) is 12.0. The summed E-state index contributed by atoms with van der Waals surface area (Å²) in [4.78, 5) is 37.4. The number of hydrogen-bond donors (Lipinski definition) is 3. The topological polar surface area (TPSA) is 101 Å². The monoisotopic (exact) mass is 488 g/mol. The van der Waals surface area contributed by atoms with Crippen molar-refractivity contribution in [1.29, 1.82) is 0 Å². The van der Waals surface area contributed by atoms with E-state index in [0.717, 1.165) is 31.4 Å². The van der Waals surface area contributed by atoms with Gasteiger partial charge in [0.1, 0.15) is 5.56 Å². The van der Waals surface area contributed by atoms with Crippen LogP contribution in [0.3, 0.4) is 0 Å². The van der Waals surface area contributed by atoms with Gasteiger partial charge in [-0.15, -0.1) is 0 Å². The molecule has 3 N–H and O–H groups in total. The summed E-state index contributed by atoms with van der Waals surface area (Å²) in [5.74, 6) is -2.46. The number of nitrogens with zero attached hydrogens (tertiary/aromatic N) is 1. The summed E-state index contributed by atoms with van der Waals surface area (Å²) in [7, 11) is 0. The Balaban J connectivity index is 1.37. The van der Waals surface area contributed by atoms with Crippen molar-refractivity contribution in [3.8, 4) is 0 Å². The molecule has 0 spiro atoms. The van der Waals surface area contributed by atoms with Crippen LogP contribution in [0.5, 0.6) is 0 Å². The summed E-state index contributed by atoms with van der Waals surface area (Å²) in [6, 6.07) is 6.22. The average molecular weight is 489 g/mol. The van der Waals surface area contributed by atoms with Crippen LogP contribution in [-0.2, 0) is 11.3 Å². The van der Waals surface area contributed by atoms with Gasteiger partial charge < -0.3 is 25.3 Å². The van der Waals surface area contributed by atoms with Crippen molar-refractivity contribution in [3.63, 3.8) is 0 Å². The maximum Gasteiger partial charge on any atom is 0.315 e. The highest BCUT2D eigenvalue weighted by Gasteiger charge is 2.37.